The number of ether oxygens (including phenoxy) is 1. The van der Waals surface area contributed by atoms with Gasteiger partial charge >= 0.3 is 0 Å². The van der Waals surface area contributed by atoms with Crippen LogP contribution in [0, 0.1) is 0 Å². The van der Waals surface area contributed by atoms with Crippen LogP contribution in [-0.4, -0.2) is 54.7 Å². The molecule has 1 saturated heterocycles. The molecule has 4 rings (SSSR count). The number of likely N-dealkylation sites (N-methyl/N-ethyl adjacent to an activating group) is 1. The molecule has 5 nitrogen and oxygen atoms in total. The van der Waals surface area contributed by atoms with Gasteiger partial charge in [-0.15, -0.1) is 0 Å². The molecule has 0 amide bonds. The minimum atomic E-state index is 0.680. The van der Waals surface area contributed by atoms with Crippen LogP contribution in [-0.2, 0) is 0 Å². The lowest BCUT2D eigenvalue weighted by molar-refractivity contribution is 0.313. The van der Waals surface area contributed by atoms with E-state index in [1.807, 2.05) is 31.2 Å². The maximum Gasteiger partial charge on any atom is 0.138 e. The van der Waals surface area contributed by atoms with Crippen LogP contribution in [0.3, 0.4) is 0 Å². The highest BCUT2D eigenvalue weighted by Gasteiger charge is 2.15. The van der Waals surface area contributed by atoms with E-state index in [1.165, 1.54) is 5.69 Å². The number of aromatic amines is 1. The Kier molecular flexibility index (Phi) is 4.32. The fourth-order valence-corrected chi connectivity index (χ4v) is 3.27. The Balaban J connectivity index is 1.59. The lowest BCUT2D eigenvalue weighted by Gasteiger charge is -2.34. The molecule has 5 heteroatoms. The first-order chi connectivity index (χ1) is 12.2. The maximum absolute atomic E-state index is 5.51. The second-order valence-electron chi connectivity index (χ2n) is 6.53. The molecule has 1 aromatic heterocycles. The topological polar surface area (TPSA) is 44.4 Å². The van der Waals surface area contributed by atoms with Crippen molar-refractivity contribution in [3.05, 3.63) is 42.5 Å². The number of anilines is 1. The second kappa shape index (κ2) is 6.76. The number of hydrogen-bond acceptors (Lipinski definition) is 4. The zero-order valence-electron chi connectivity index (χ0n) is 14.8. The van der Waals surface area contributed by atoms with Crippen molar-refractivity contribution in [2.45, 2.75) is 6.92 Å². The van der Waals surface area contributed by atoms with E-state index in [9.17, 15) is 0 Å². The van der Waals surface area contributed by atoms with Crippen molar-refractivity contribution in [2.24, 2.45) is 0 Å². The van der Waals surface area contributed by atoms with Gasteiger partial charge in [0.05, 0.1) is 17.6 Å². The van der Waals surface area contributed by atoms with Gasteiger partial charge < -0.3 is 19.5 Å². The lowest BCUT2D eigenvalue weighted by Crippen LogP contribution is -2.44. The molecule has 1 aliphatic heterocycles. The number of H-pyrrole nitrogens is 1. The van der Waals surface area contributed by atoms with Crippen molar-refractivity contribution < 1.29 is 4.74 Å². The van der Waals surface area contributed by atoms with Crippen molar-refractivity contribution >= 4 is 16.7 Å². The smallest absolute Gasteiger partial charge is 0.138 e. The summed E-state index contributed by atoms with van der Waals surface area (Å²) in [5.74, 6) is 1.79. The molecule has 2 heterocycles. The third-order valence-corrected chi connectivity index (χ3v) is 4.77. The van der Waals surface area contributed by atoms with Gasteiger partial charge in [0.25, 0.3) is 0 Å². The van der Waals surface area contributed by atoms with Crippen LogP contribution in [0.1, 0.15) is 6.92 Å². The minimum absolute atomic E-state index is 0.680. The Hall–Kier alpha value is -2.53. The van der Waals surface area contributed by atoms with Crippen LogP contribution in [0.4, 0.5) is 5.69 Å². The molecule has 1 N–H and O–H groups in total. The number of hydrogen-bond donors (Lipinski definition) is 1. The summed E-state index contributed by atoms with van der Waals surface area (Å²) in [6.07, 6.45) is 0. The molecule has 3 aromatic rings. The zero-order chi connectivity index (χ0) is 17.2. The summed E-state index contributed by atoms with van der Waals surface area (Å²) in [4.78, 5) is 13.0. The Morgan fingerprint density at radius 1 is 1.04 bits per heavy atom. The highest BCUT2D eigenvalue weighted by atomic mass is 16.5. The van der Waals surface area contributed by atoms with Crippen LogP contribution in [0.25, 0.3) is 22.4 Å². The van der Waals surface area contributed by atoms with E-state index in [4.69, 9.17) is 9.72 Å². The van der Waals surface area contributed by atoms with Crippen LogP contribution >= 0.6 is 0 Å². The fourth-order valence-electron chi connectivity index (χ4n) is 3.27. The number of fused-ring (bicyclic) bond motifs is 1. The van der Waals surface area contributed by atoms with Crippen LogP contribution in [0.5, 0.6) is 5.75 Å². The number of benzene rings is 2. The molecule has 1 aliphatic rings. The van der Waals surface area contributed by atoms with E-state index in [-0.39, 0.29) is 0 Å². The highest BCUT2D eigenvalue weighted by Crippen LogP contribution is 2.26. The second-order valence-corrected chi connectivity index (χ2v) is 6.53. The largest absolute Gasteiger partial charge is 0.494 e. The van der Waals surface area contributed by atoms with E-state index in [0.29, 0.717) is 6.61 Å². The van der Waals surface area contributed by atoms with Crippen LogP contribution < -0.4 is 9.64 Å². The molecule has 1 fully saturated rings. The number of nitrogens with zero attached hydrogens (tertiary/aromatic N) is 3. The standard InChI is InChI=1S/C20H24N4O/c1-3-25-17-7-4-15(5-8-17)20-21-18-9-6-16(14-19(18)22-20)24-12-10-23(2)11-13-24/h4-9,14H,3,10-13H2,1-2H3,(H,21,22). The molecule has 2 aromatic carbocycles. The normalized spacial score (nSPS) is 15.7. The average molecular weight is 336 g/mol. The molecule has 0 unspecified atom stereocenters. The third-order valence-electron chi connectivity index (χ3n) is 4.77. The van der Waals surface area contributed by atoms with E-state index >= 15 is 0 Å². The molecular weight excluding hydrogens is 312 g/mol. The Labute approximate surface area is 148 Å². The summed E-state index contributed by atoms with van der Waals surface area (Å²) in [7, 11) is 2.18. The van der Waals surface area contributed by atoms with Crippen molar-refractivity contribution in [1.29, 1.82) is 0 Å². The van der Waals surface area contributed by atoms with Gasteiger partial charge in [0.1, 0.15) is 11.6 Å². The number of piperazine rings is 1. The van der Waals surface area contributed by atoms with Gasteiger partial charge in [-0.1, -0.05) is 0 Å². The number of aromatic nitrogens is 2. The summed E-state index contributed by atoms with van der Waals surface area (Å²) in [6.45, 7) is 7.03. The Bertz CT molecular complexity index is 848. The first-order valence-electron chi connectivity index (χ1n) is 8.89. The van der Waals surface area contributed by atoms with Crippen LogP contribution in [0.2, 0.25) is 0 Å². The first kappa shape index (κ1) is 16.0. The third kappa shape index (κ3) is 3.33. The molecule has 130 valence electrons. The van der Waals surface area contributed by atoms with Gasteiger partial charge in [0.15, 0.2) is 0 Å². The molecule has 0 atom stereocenters. The van der Waals surface area contributed by atoms with Crippen LogP contribution in [0.15, 0.2) is 42.5 Å². The molecule has 25 heavy (non-hydrogen) atoms. The lowest BCUT2D eigenvalue weighted by atomic mass is 10.2. The van der Waals surface area contributed by atoms with Gasteiger partial charge in [-0.3, -0.25) is 0 Å². The fraction of sp³-hybridized carbons (Fsp3) is 0.350. The first-order valence-corrected chi connectivity index (χ1v) is 8.89. The summed E-state index contributed by atoms with van der Waals surface area (Å²) < 4.78 is 5.51. The van der Waals surface area contributed by atoms with Gasteiger partial charge in [-0.25, -0.2) is 4.98 Å². The monoisotopic (exact) mass is 336 g/mol. The van der Waals surface area contributed by atoms with E-state index in [2.05, 4.69) is 40.0 Å². The molecule has 0 bridgehead atoms. The maximum atomic E-state index is 5.51. The molecule has 0 radical (unpaired) electrons. The Morgan fingerprint density at radius 2 is 1.80 bits per heavy atom. The molecule has 0 saturated carbocycles. The molecule has 0 aliphatic carbocycles. The van der Waals surface area contributed by atoms with Gasteiger partial charge in [-0.2, -0.15) is 0 Å². The molecule has 0 spiro atoms. The quantitative estimate of drug-likeness (QED) is 0.793. The Morgan fingerprint density at radius 3 is 2.52 bits per heavy atom. The summed E-state index contributed by atoms with van der Waals surface area (Å²) in [6, 6.07) is 14.6. The van der Waals surface area contributed by atoms with Crippen molar-refractivity contribution in [3.8, 4) is 17.1 Å². The van der Waals surface area contributed by atoms with E-state index in [0.717, 1.165) is 54.3 Å². The molecular formula is C20H24N4O. The SMILES string of the molecule is CCOc1ccc(-c2nc3ccc(N4CCN(C)CC4)cc3[nH]2)cc1. The van der Waals surface area contributed by atoms with E-state index in [1.54, 1.807) is 0 Å². The predicted molar refractivity (Wildman–Crippen MR) is 102 cm³/mol. The minimum Gasteiger partial charge on any atom is -0.494 e. The van der Waals surface area contributed by atoms with Crippen molar-refractivity contribution in [3.63, 3.8) is 0 Å². The van der Waals surface area contributed by atoms with Gasteiger partial charge in [0, 0.05) is 37.4 Å². The summed E-state index contributed by atoms with van der Waals surface area (Å²) in [5.41, 5.74) is 4.42. The average Bonchev–Trinajstić information content (AvgIpc) is 3.06. The van der Waals surface area contributed by atoms with E-state index < -0.39 is 0 Å². The number of rotatable bonds is 4. The summed E-state index contributed by atoms with van der Waals surface area (Å²) in [5, 5.41) is 0. The number of nitrogens with one attached hydrogen (secondary N) is 1. The summed E-state index contributed by atoms with van der Waals surface area (Å²) >= 11 is 0. The van der Waals surface area contributed by atoms with Gasteiger partial charge in [0.2, 0.25) is 0 Å². The van der Waals surface area contributed by atoms with Gasteiger partial charge in [-0.05, 0) is 56.4 Å². The zero-order valence-corrected chi connectivity index (χ0v) is 14.8. The predicted octanol–water partition coefficient (Wildman–Crippen LogP) is 3.38. The van der Waals surface area contributed by atoms with Crippen molar-refractivity contribution in [1.82, 2.24) is 14.9 Å². The van der Waals surface area contributed by atoms with Crippen molar-refractivity contribution in [2.75, 3.05) is 44.7 Å². The highest BCUT2D eigenvalue weighted by molar-refractivity contribution is 5.83. The number of imidazole rings is 1.